The summed E-state index contributed by atoms with van der Waals surface area (Å²) in [6.45, 7) is 5.76. The molecule has 3 atom stereocenters. The van der Waals surface area contributed by atoms with Crippen molar-refractivity contribution in [3.63, 3.8) is 0 Å². The van der Waals surface area contributed by atoms with Gasteiger partial charge < -0.3 is 14.5 Å². The number of thiazole rings is 1. The second-order valence-corrected chi connectivity index (χ2v) is 11.8. The van der Waals surface area contributed by atoms with Crippen molar-refractivity contribution < 1.29 is 9.53 Å². The Hall–Kier alpha value is -3.53. The summed E-state index contributed by atoms with van der Waals surface area (Å²) >= 11 is 1.59. The SMILES string of the molecule is CN(c1ccc(-c2ccc(-n3cccn3)c3ncsc23)nn1)C1CC2CC[C@@H](C1)N2C(=O)OC(C)(C)C. The van der Waals surface area contributed by atoms with Gasteiger partial charge >= 0.3 is 6.09 Å². The Morgan fingerprint density at radius 2 is 1.89 bits per heavy atom. The molecule has 2 unspecified atom stereocenters. The Labute approximate surface area is 220 Å². The lowest BCUT2D eigenvalue weighted by molar-refractivity contribution is 0.00597. The van der Waals surface area contributed by atoms with Gasteiger partial charge in [0, 0.05) is 43.1 Å². The van der Waals surface area contributed by atoms with E-state index in [9.17, 15) is 4.79 Å². The molecule has 2 saturated heterocycles. The topological polar surface area (TPSA) is 89.3 Å². The number of fused-ring (bicyclic) bond motifs is 3. The highest BCUT2D eigenvalue weighted by Gasteiger charge is 2.46. The van der Waals surface area contributed by atoms with Gasteiger partial charge in [-0.3, -0.25) is 0 Å². The first kappa shape index (κ1) is 23.8. The molecule has 0 saturated carbocycles. The Morgan fingerprint density at radius 3 is 2.54 bits per heavy atom. The number of hydrogen-bond donors (Lipinski definition) is 0. The maximum Gasteiger partial charge on any atom is 0.410 e. The summed E-state index contributed by atoms with van der Waals surface area (Å²) in [4.78, 5) is 21.6. The average molecular weight is 518 g/mol. The first-order valence-corrected chi connectivity index (χ1v) is 13.6. The molecule has 10 heteroatoms. The van der Waals surface area contributed by atoms with Crippen molar-refractivity contribution >= 4 is 33.5 Å². The van der Waals surface area contributed by atoms with E-state index in [1.54, 1.807) is 17.5 Å². The van der Waals surface area contributed by atoms with Crippen molar-refractivity contribution in [1.82, 2.24) is 29.9 Å². The van der Waals surface area contributed by atoms with Gasteiger partial charge in [-0.1, -0.05) is 0 Å². The van der Waals surface area contributed by atoms with Gasteiger partial charge in [-0.2, -0.15) is 5.10 Å². The Kier molecular flexibility index (Phi) is 5.86. The minimum Gasteiger partial charge on any atom is -0.444 e. The highest BCUT2D eigenvalue weighted by atomic mass is 32.1. The molecule has 37 heavy (non-hydrogen) atoms. The Morgan fingerprint density at radius 1 is 1.11 bits per heavy atom. The number of amides is 1. The fraction of sp³-hybridized carbons (Fsp3) is 0.444. The second kappa shape index (κ2) is 9.09. The third-order valence-corrected chi connectivity index (χ3v) is 8.22. The van der Waals surface area contributed by atoms with E-state index >= 15 is 0 Å². The van der Waals surface area contributed by atoms with Gasteiger partial charge in [0.1, 0.15) is 11.1 Å². The zero-order chi connectivity index (χ0) is 25.7. The minimum absolute atomic E-state index is 0.182. The number of hydrogen-bond acceptors (Lipinski definition) is 8. The van der Waals surface area contributed by atoms with E-state index in [0.717, 1.165) is 58.7 Å². The molecule has 2 bridgehead atoms. The number of rotatable bonds is 4. The van der Waals surface area contributed by atoms with E-state index in [-0.39, 0.29) is 18.2 Å². The average Bonchev–Trinajstić information content (AvgIpc) is 3.62. The summed E-state index contributed by atoms with van der Waals surface area (Å²) < 4.78 is 8.58. The smallest absolute Gasteiger partial charge is 0.410 e. The molecular weight excluding hydrogens is 486 g/mol. The van der Waals surface area contributed by atoms with Crippen LogP contribution in [0.25, 0.3) is 27.2 Å². The monoisotopic (exact) mass is 517 g/mol. The van der Waals surface area contributed by atoms with E-state index in [1.807, 2.05) is 66.3 Å². The van der Waals surface area contributed by atoms with Crippen molar-refractivity contribution in [1.29, 1.82) is 0 Å². The molecule has 2 aliphatic heterocycles. The number of benzene rings is 1. The van der Waals surface area contributed by atoms with E-state index in [1.165, 1.54) is 0 Å². The zero-order valence-electron chi connectivity index (χ0n) is 21.5. The third kappa shape index (κ3) is 4.43. The first-order chi connectivity index (χ1) is 17.8. The molecule has 2 aliphatic rings. The maximum absolute atomic E-state index is 12.8. The van der Waals surface area contributed by atoms with E-state index < -0.39 is 5.60 Å². The molecule has 2 fully saturated rings. The molecular formula is C27H31N7O2S. The highest BCUT2D eigenvalue weighted by molar-refractivity contribution is 7.17. The number of anilines is 1. The van der Waals surface area contributed by atoms with Gasteiger partial charge in [0.15, 0.2) is 5.82 Å². The summed E-state index contributed by atoms with van der Waals surface area (Å²) in [5.41, 5.74) is 5.06. The van der Waals surface area contributed by atoms with Crippen LogP contribution < -0.4 is 4.90 Å². The van der Waals surface area contributed by atoms with Crippen LogP contribution in [-0.2, 0) is 4.74 Å². The van der Waals surface area contributed by atoms with Gasteiger partial charge in [0.05, 0.1) is 21.6 Å². The van der Waals surface area contributed by atoms with Gasteiger partial charge in [-0.15, -0.1) is 21.5 Å². The number of nitrogens with zero attached hydrogens (tertiary/aromatic N) is 7. The standard InChI is InChI=1S/C27H31N7O2S/c1-27(2,3)36-26(35)34-17-6-7-18(34)15-19(14-17)32(4)23-11-9-21(30-31-23)20-8-10-22(33-13-5-12-29-33)24-25(20)37-16-28-24/h5,8-13,16-19H,6-7,14-15H2,1-4H3/t17-,18?,19?/m0/s1. The van der Waals surface area contributed by atoms with E-state index in [0.29, 0.717) is 6.04 Å². The van der Waals surface area contributed by atoms with Crippen molar-refractivity contribution in [2.24, 2.45) is 0 Å². The summed E-state index contributed by atoms with van der Waals surface area (Å²) in [5.74, 6) is 0.840. The van der Waals surface area contributed by atoms with Gasteiger partial charge in [-0.05, 0) is 76.8 Å². The summed E-state index contributed by atoms with van der Waals surface area (Å²) in [7, 11) is 2.08. The fourth-order valence-corrected chi connectivity index (χ4v) is 6.49. The Balaban J connectivity index is 1.19. The number of ether oxygens (including phenoxy) is 1. The fourth-order valence-electron chi connectivity index (χ4n) is 5.66. The lowest BCUT2D eigenvalue weighted by atomic mass is 9.96. The molecule has 0 spiro atoms. The number of piperidine rings is 1. The molecule has 4 aromatic rings. The van der Waals surface area contributed by atoms with Gasteiger partial charge in [0.2, 0.25) is 0 Å². The molecule has 6 rings (SSSR count). The normalized spacial score (nSPS) is 21.4. The van der Waals surface area contributed by atoms with Crippen LogP contribution in [0.5, 0.6) is 0 Å². The molecule has 1 amide bonds. The van der Waals surface area contributed by atoms with Crippen molar-refractivity contribution in [2.75, 3.05) is 11.9 Å². The predicted octanol–water partition coefficient (Wildman–Crippen LogP) is 5.31. The molecule has 192 valence electrons. The maximum atomic E-state index is 12.8. The summed E-state index contributed by atoms with van der Waals surface area (Å²) in [6.07, 6.45) is 7.37. The van der Waals surface area contributed by atoms with Crippen LogP contribution in [0.2, 0.25) is 0 Å². The molecule has 9 nitrogen and oxygen atoms in total. The second-order valence-electron chi connectivity index (χ2n) is 10.9. The third-order valence-electron chi connectivity index (χ3n) is 7.36. The van der Waals surface area contributed by atoms with Crippen LogP contribution in [0.15, 0.2) is 48.2 Å². The van der Waals surface area contributed by atoms with Crippen LogP contribution in [0.1, 0.15) is 46.5 Å². The summed E-state index contributed by atoms with van der Waals surface area (Å²) in [5, 5.41) is 13.6. The number of carbonyl (C=O) groups is 1. The molecule has 3 aromatic heterocycles. The van der Waals surface area contributed by atoms with Crippen LogP contribution >= 0.6 is 11.3 Å². The van der Waals surface area contributed by atoms with Crippen LogP contribution in [0.3, 0.4) is 0 Å². The first-order valence-electron chi connectivity index (χ1n) is 12.7. The van der Waals surface area contributed by atoms with Crippen LogP contribution in [-0.4, -0.2) is 66.7 Å². The quantitative estimate of drug-likeness (QED) is 0.363. The summed E-state index contributed by atoms with van der Waals surface area (Å²) in [6, 6.07) is 10.8. The van der Waals surface area contributed by atoms with Crippen LogP contribution in [0.4, 0.5) is 10.6 Å². The van der Waals surface area contributed by atoms with Crippen LogP contribution in [0, 0.1) is 0 Å². The highest BCUT2D eigenvalue weighted by Crippen LogP contribution is 2.39. The number of aromatic nitrogens is 5. The molecule has 0 radical (unpaired) electrons. The van der Waals surface area contributed by atoms with Gasteiger partial charge in [-0.25, -0.2) is 14.5 Å². The number of carbonyl (C=O) groups excluding carboxylic acids is 1. The zero-order valence-corrected chi connectivity index (χ0v) is 22.4. The lowest BCUT2D eigenvalue weighted by Gasteiger charge is -2.42. The molecule has 0 N–H and O–H groups in total. The predicted molar refractivity (Wildman–Crippen MR) is 144 cm³/mol. The lowest BCUT2D eigenvalue weighted by Crippen LogP contribution is -2.53. The van der Waals surface area contributed by atoms with Crippen molar-refractivity contribution in [3.05, 3.63) is 48.2 Å². The largest absolute Gasteiger partial charge is 0.444 e. The Bertz CT molecular complexity index is 1400. The molecule has 1 aromatic carbocycles. The van der Waals surface area contributed by atoms with Gasteiger partial charge in [0.25, 0.3) is 0 Å². The molecule has 5 heterocycles. The molecule has 0 aliphatic carbocycles. The van der Waals surface area contributed by atoms with E-state index in [4.69, 9.17) is 4.74 Å². The minimum atomic E-state index is -0.480. The van der Waals surface area contributed by atoms with Crippen molar-refractivity contribution in [3.8, 4) is 16.9 Å². The van der Waals surface area contributed by atoms with E-state index in [2.05, 4.69) is 38.3 Å². The van der Waals surface area contributed by atoms with Crippen molar-refractivity contribution in [2.45, 2.75) is 70.2 Å².